The normalized spacial score (nSPS) is 35.3. The van der Waals surface area contributed by atoms with Crippen molar-refractivity contribution >= 4 is 0 Å². The summed E-state index contributed by atoms with van der Waals surface area (Å²) in [4.78, 5) is 0. The number of hydrogen-bond acceptors (Lipinski definition) is 5. The third-order valence-electron chi connectivity index (χ3n) is 2.46. The molecule has 0 aromatic carbocycles. The summed E-state index contributed by atoms with van der Waals surface area (Å²) < 4.78 is 26.4. The number of rotatable bonds is 5. The average Bonchev–Trinajstić information content (AvgIpc) is 2.61. The molecular formula is C10H18O5. The van der Waals surface area contributed by atoms with Crippen molar-refractivity contribution in [3.63, 3.8) is 0 Å². The summed E-state index contributed by atoms with van der Waals surface area (Å²) in [7, 11) is 6.13. The van der Waals surface area contributed by atoms with Crippen LogP contribution in [0, 0.1) is 0 Å². The van der Waals surface area contributed by atoms with Crippen molar-refractivity contribution in [1.82, 2.24) is 0 Å². The van der Waals surface area contributed by atoms with Crippen LogP contribution in [0.3, 0.4) is 0 Å². The van der Waals surface area contributed by atoms with Gasteiger partial charge in [-0.05, 0) is 19.1 Å². The second-order valence-electron chi connectivity index (χ2n) is 3.38. The Bertz CT molecular complexity index is 238. The lowest BCUT2D eigenvalue weighted by molar-refractivity contribution is -0.356. The highest BCUT2D eigenvalue weighted by atomic mass is 16.8. The molecule has 0 aromatic rings. The van der Waals surface area contributed by atoms with E-state index < -0.39 is 17.9 Å². The first-order valence-electron chi connectivity index (χ1n) is 4.62. The van der Waals surface area contributed by atoms with Gasteiger partial charge in [-0.2, -0.15) is 0 Å². The Kier molecular flexibility index (Phi) is 3.86. The Morgan fingerprint density at radius 2 is 1.60 bits per heavy atom. The number of hydrogen-bond donors (Lipinski definition) is 0. The lowest BCUT2D eigenvalue weighted by atomic mass is 10.2. The van der Waals surface area contributed by atoms with Crippen LogP contribution in [-0.2, 0) is 23.7 Å². The molecule has 0 aliphatic carbocycles. The Hall–Kier alpha value is -0.460. The molecule has 1 heterocycles. The molecule has 5 nitrogen and oxygen atoms in total. The van der Waals surface area contributed by atoms with E-state index in [1.165, 1.54) is 21.3 Å². The maximum Gasteiger partial charge on any atom is 0.243 e. The minimum absolute atomic E-state index is 0.643. The van der Waals surface area contributed by atoms with Crippen LogP contribution in [-0.4, -0.2) is 46.3 Å². The van der Waals surface area contributed by atoms with E-state index in [-0.39, 0.29) is 0 Å². The summed E-state index contributed by atoms with van der Waals surface area (Å²) in [5.74, 6) is -1.88. The molecule has 88 valence electrons. The van der Waals surface area contributed by atoms with Crippen molar-refractivity contribution in [2.45, 2.75) is 24.8 Å². The van der Waals surface area contributed by atoms with Crippen LogP contribution < -0.4 is 0 Å². The molecule has 2 unspecified atom stereocenters. The molecule has 0 radical (unpaired) electrons. The second kappa shape index (κ2) is 4.59. The van der Waals surface area contributed by atoms with Gasteiger partial charge in [-0.15, -0.1) is 0 Å². The van der Waals surface area contributed by atoms with E-state index in [1.807, 2.05) is 0 Å². The maximum absolute atomic E-state index is 5.67. The van der Waals surface area contributed by atoms with Gasteiger partial charge in [0.1, 0.15) is 0 Å². The quantitative estimate of drug-likeness (QED) is 0.506. The van der Waals surface area contributed by atoms with E-state index in [2.05, 4.69) is 0 Å². The molecule has 0 fully saturated rings. The molecule has 5 heteroatoms. The molecular weight excluding hydrogens is 200 g/mol. The van der Waals surface area contributed by atoms with Crippen molar-refractivity contribution in [3.8, 4) is 0 Å². The Labute approximate surface area is 89.9 Å². The predicted octanol–water partition coefficient (Wildman–Crippen LogP) is 0.897. The van der Waals surface area contributed by atoms with Gasteiger partial charge in [-0.3, -0.25) is 0 Å². The van der Waals surface area contributed by atoms with Crippen LogP contribution in [0.2, 0.25) is 0 Å². The molecule has 1 aliphatic rings. The van der Waals surface area contributed by atoms with Crippen LogP contribution in [0.4, 0.5) is 0 Å². The predicted molar refractivity (Wildman–Crippen MR) is 53.2 cm³/mol. The van der Waals surface area contributed by atoms with E-state index in [0.717, 1.165) is 0 Å². The highest BCUT2D eigenvalue weighted by Gasteiger charge is 2.49. The molecule has 1 aliphatic heterocycles. The molecule has 0 saturated heterocycles. The highest BCUT2D eigenvalue weighted by molar-refractivity contribution is 5.11. The van der Waals surface area contributed by atoms with Gasteiger partial charge in [0.05, 0.1) is 0 Å². The van der Waals surface area contributed by atoms with Gasteiger partial charge in [0.2, 0.25) is 12.1 Å². The van der Waals surface area contributed by atoms with Crippen molar-refractivity contribution in [2.75, 3.05) is 28.4 Å². The van der Waals surface area contributed by atoms with E-state index in [1.54, 1.807) is 26.2 Å². The molecule has 0 aromatic heterocycles. The van der Waals surface area contributed by atoms with Crippen molar-refractivity contribution in [2.24, 2.45) is 0 Å². The summed E-state index contributed by atoms with van der Waals surface area (Å²) in [6.45, 7) is 1.78. The van der Waals surface area contributed by atoms with Gasteiger partial charge in [0.15, 0.2) is 5.79 Å². The summed E-state index contributed by atoms with van der Waals surface area (Å²) in [6, 6.07) is 0. The minimum Gasteiger partial charge on any atom is -0.351 e. The fraction of sp³-hybridized carbons (Fsp3) is 0.800. The second-order valence-corrected chi connectivity index (χ2v) is 3.38. The topological polar surface area (TPSA) is 46.2 Å². The van der Waals surface area contributed by atoms with Crippen molar-refractivity contribution in [1.29, 1.82) is 0 Å². The summed E-state index contributed by atoms with van der Waals surface area (Å²) in [6.07, 6.45) is 2.85. The fourth-order valence-electron chi connectivity index (χ4n) is 1.52. The van der Waals surface area contributed by atoms with Crippen molar-refractivity contribution in [3.05, 3.63) is 12.2 Å². The Morgan fingerprint density at radius 3 is 1.93 bits per heavy atom. The van der Waals surface area contributed by atoms with Crippen LogP contribution >= 0.6 is 0 Å². The van der Waals surface area contributed by atoms with Crippen molar-refractivity contribution < 1.29 is 23.7 Å². The maximum atomic E-state index is 5.67. The van der Waals surface area contributed by atoms with E-state index in [4.69, 9.17) is 23.7 Å². The van der Waals surface area contributed by atoms with Crippen LogP contribution in [0.5, 0.6) is 0 Å². The molecule has 0 spiro atoms. The lowest BCUT2D eigenvalue weighted by Crippen LogP contribution is -2.48. The monoisotopic (exact) mass is 218 g/mol. The van der Waals surface area contributed by atoms with E-state index >= 15 is 0 Å². The van der Waals surface area contributed by atoms with Gasteiger partial charge in [0, 0.05) is 28.4 Å². The largest absolute Gasteiger partial charge is 0.351 e. The van der Waals surface area contributed by atoms with Gasteiger partial charge in [0.25, 0.3) is 0 Å². The smallest absolute Gasteiger partial charge is 0.243 e. The Balaban J connectivity index is 2.86. The molecule has 1 rings (SSSR count). The molecule has 15 heavy (non-hydrogen) atoms. The van der Waals surface area contributed by atoms with Gasteiger partial charge in [-0.25, -0.2) is 0 Å². The SMILES string of the molecule is COC(OC)C1(OC)C=CC(C)(OC)O1. The van der Waals surface area contributed by atoms with E-state index in [9.17, 15) is 0 Å². The third kappa shape index (κ3) is 2.21. The number of ether oxygens (including phenoxy) is 5. The first-order chi connectivity index (χ1) is 7.05. The molecule has 0 N–H and O–H groups in total. The molecule has 0 saturated carbocycles. The van der Waals surface area contributed by atoms with Crippen LogP contribution in [0.1, 0.15) is 6.92 Å². The fourth-order valence-corrected chi connectivity index (χ4v) is 1.52. The van der Waals surface area contributed by atoms with Gasteiger partial charge in [-0.1, -0.05) is 0 Å². The van der Waals surface area contributed by atoms with Crippen LogP contribution in [0.25, 0.3) is 0 Å². The van der Waals surface area contributed by atoms with Gasteiger partial charge >= 0.3 is 0 Å². The molecule has 2 atom stereocenters. The first kappa shape index (κ1) is 12.6. The number of methoxy groups -OCH3 is 4. The first-order valence-corrected chi connectivity index (χ1v) is 4.62. The average molecular weight is 218 g/mol. The summed E-state index contributed by atoms with van der Waals surface area (Å²) >= 11 is 0. The van der Waals surface area contributed by atoms with Gasteiger partial charge < -0.3 is 23.7 Å². The zero-order valence-corrected chi connectivity index (χ0v) is 9.77. The standard InChI is InChI=1S/C10H18O5/c1-9(13-4)6-7-10(14-5,15-9)8(11-2)12-3/h6-8H,1-5H3. The molecule has 0 amide bonds. The Morgan fingerprint density at radius 1 is 1.00 bits per heavy atom. The van der Waals surface area contributed by atoms with Crippen LogP contribution in [0.15, 0.2) is 12.2 Å². The summed E-state index contributed by atoms with van der Waals surface area (Å²) in [5, 5.41) is 0. The zero-order chi connectivity index (χ0) is 11.5. The third-order valence-corrected chi connectivity index (χ3v) is 2.46. The summed E-state index contributed by atoms with van der Waals surface area (Å²) in [5.41, 5.74) is 0. The molecule has 0 bridgehead atoms. The zero-order valence-electron chi connectivity index (χ0n) is 9.77. The minimum atomic E-state index is -1.06. The lowest BCUT2D eigenvalue weighted by Gasteiger charge is -2.35. The highest BCUT2D eigenvalue weighted by Crippen LogP contribution is 2.35. The van der Waals surface area contributed by atoms with E-state index in [0.29, 0.717) is 0 Å².